The molecular formula is C23H28Cl2N4O2. The maximum Gasteiger partial charge on any atom is 0.253 e. The van der Waals surface area contributed by atoms with Crippen molar-refractivity contribution in [3.05, 3.63) is 57.7 Å². The molecule has 1 saturated heterocycles. The van der Waals surface area contributed by atoms with Crippen LogP contribution in [0.1, 0.15) is 49.0 Å². The molecule has 1 aromatic carbocycles. The molecule has 1 aliphatic heterocycles. The molecule has 1 aliphatic rings. The number of pyridine rings is 1. The van der Waals surface area contributed by atoms with E-state index in [0.29, 0.717) is 18.0 Å². The van der Waals surface area contributed by atoms with Crippen LogP contribution in [0.4, 0.5) is 5.82 Å². The van der Waals surface area contributed by atoms with E-state index in [1.165, 1.54) is 18.9 Å². The van der Waals surface area contributed by atoms with Crippen molar-refractivity contribution >= 4 is 40.8 Å². The molecule has 0 bridgehead atoms. The van der Waals surface area contributed by atoms with Crippen LogP contribution in [0.5, 0.6) is 0 Å². The largest absolute Gasteiger partial charge is 0.357 e. The van der Waals surface area contributed by atoms with Gasteiger partial charge >= 0.3 is 0 Å². The molecule has 6 nitrogen and oxygen atoms in total. The minimum absolute atomic E-state index is 0.222. The van der Waals surface area contributed by atoms with E-state index >= 15 is 0 Å². The average molecular weight is 463 g/mol. The lowest BCUT2D eigenvalue weighted by Gasteiger charge is -2.21. The van der Waals surface area contributed by atoms with E-state index in [1.807, 2.05) is 26.0 Å². The molecule has 3 rings (SSSR count). The van der Waals surface area contributed by atoms with Crippen molar-refractivity contribution in [1.29, 1.82) is 0 Å². The van der Waals surface area contributed by atoms with E-state index in [0.717, 1.165) is 24.5 Å². The number of carbonyl (C=O) groups is 2. The van der Waals surface area contributed by atoms with E-state index in [1.54, 1.807) is 18.3 Å². The molecule has 31 heavy (non-hydrogen) atoms. The van der Waals surface area contributed by atoms with Crippen LogP contribution in [0.15, 0.2) is 36.5 Å². The van der Waals surface area contributed by atoms with Crippen LogP contribution in [0.25, 0.3) is 0 Å². The number of rotatable bonds is 8. The molecule has 2 amide bonds. The van der Waals surface area contributed by atoms with E-state index < -0.39 is 11.9 Å². The van der Waals surface area contributed by atoms with Crippen LogP contribution in [-0.2, 0) is 11.3 Å². The van der Waals surface area contributed by atoms with Crippen molar-refractivity contribution in [2.24, 2.45) is 5.92 Å². The van der Waals surface area contributed by atoms with Gasteiger partial charge in [0.15, 0.2) is 0 Å². The van der Waals surface area contributed by atoms with Gasteiger partial charge in [-0.05, 0) is 61.1 Å². The van der Waals surface area contributed by atoms with Gasteiger partial charge in [0.2, 0.25) is 5.91 Å². The molecule has 1 unspecified atom stereocenters. The minimum atomic E-state index is -0.667. The highest BCUT2D eigenvalue weighted by Gasteiger charge is 2.23. The Balaban J connectivity index is 1.64. The van der Waals surface area contributed by atoms with Gasteiger partial charge < -0.3 is 15.5 Å². The Kier molecular flexibility index (Phi) is 8.15. The van der Waals surface area contributed by atoms with Crippen LogP contribution in [0, 0.1) is 5.92 Å². The molecule has 1 fully saturated rings. The number of amides is 2. The highest BCUT2D eigenvalue weighted by Crippen LogP contribution is 2.21. The fourth-order valence-corrected chi connectivity index (χ4v) is 4.11. The van der Waals surface area contributed by atoms with Crippen molar-refractivity contribution in [1.82, 2.24) is 15.6 Å². The van der Waals surface area contributed by atoms with Gasteiger partial charge in [-0.15, -0.1) is 0 Å². The third-order valence-electron chi connectivity index (χ3n) is 5.21. The Hall–Kier alpha value is -2.31. The SMILES string of the molecule is CC(C)CC(NC(=O)c1ccc(Cl)cc1Cl)C(=O)NCc1ccnc(N2CCCC2)c1. The molecule has 1 atom stereocenters. The first kappa shape index (κ1) is 23.4. The average Bonchev–Trinajstić information content (AvgIpc) is 3.26. The molecule has 0 saturated carbocycles. The van der Waals surface area contributed by atoms with Crippen LogP contribution in [0.2, 0.25) is 10.0 Å². The summed E-state index contributed by atoms with van der Waals surface area (Å²) in [6.07, 6.45) is 4.64. The summed E-state index contributed by atoms with van der Waals surface area (Å²) in [7, 11) is 0. The summed E-state index contributed by atoms with van der Waals surface area (Å²) < 4.78 is 0. The maximum absolute atomic E-state index is 12.9. The number of halogens is 2. The summed E-state index contributed by atoms with van der Waals surface area (Å²) in [5, 5.41) is 6.46. The Bertz CT molecular complexity index is 930. The predicted molar refractivity (Wildman–Crippen MR) is 125 cm³/mol. The number of hydrogen-bond donors (Lipinski definition) is 2. The summed E-state index contributed by atoms with van der Waals surface area (Å²) >= 11 is 12.1. The van der Waals surface area contributed by atoms with Gasteiger partial charge in [-0.1, -0.05) is 37.0 Å². The second kappa shape index (κ2) is 10.8. The van der Waals surface area contributed by atoms with E-state index in [2.05, 4.69) is 20.5 Å². The molecule has 0 aliphatic carbocycles. The summed E-state index contributed by atoms with van der Waals surface area (Å²) in [4.78, 5) is 32.3. The highest BCUT2D eigenvalue weighted by atomic mass is 35.5. The Morgan fingerprint density at radius 2 is 1.87 bits per heavy atom. The maximum atomic E-state index is 12.9. The third kappa shape index (κ3) is 6.58. The zero-order valence-electron chi connectivity index (χ0n) is 17.8. The van der Waals surface area contributed by atoms with E-state index in [4.69, 9.17) is 23.2 Å². The first-order valence-corrected chi connectivity index (χ1v) is 11.3. The number of carbonyl (C=O) groups excluding carboxylic acids is 2. The van der Waals surface area contributed by atoms with Crippen LogP contribution in [0.3, 0.4) is 0 Å². The van der Waals surface area contributed by atoms with Gasteiger partial charge in [-0.3, -0.25) is 9.59 Å². The van der Waals surface area contributed by atoms with Crippen molar-refractivity contribution < 1.29 is 9.59 Å². The number of anilines is 1. The molecule has 0 spiro atoms. The van der Waals surface area contributed by atoms with E-state index in [9.17, 15) is 9.59 Å². The van der Waals surface area contributed by atoms with Crippen molar-refractivity contribution in [3.63, 3.8) is 0 Å². The molecule has 2 aromatic rings. The molecular weight excluding hydrogens is 435 g/mol. The lowest BCUT2D eigenvalue weighted by Crippen LogP contribution is -2.47. The zero-order chi connectivity index (χ0) is 22.4. The van der Waals surface area contributed by atoms with Gasteiger partial charge in [0.05, 0.1) is 10.6 Å². The van der Waals surface area contributed by atoms with Gasteiger partial charge in [-0.25, -0.2) is 4.98 Å². The number of benzene rings is 1. The number of nitrogens with one attached hydrogen (secondary N) is 2. The van der Waals surface area contributed by atoms with Crippen molar-refractivity contribution in [2.75, 3.05) is 18.0 Å². The predicted octanol–water partition coefficient (Wildman–Crippen LogP) is 4.45. The lowest BCUT2D eigenvalue weighted by atomic mass is 10.0. The molecule has 1 aromatic heterocycles. The normalized spacial score (nSPS) is 14.5. The second-order valence-corrected chi connectivity index (χ2v) is 9.06. The van der Waals surface area contributed by atoms with E-state index in [-0.39, 0.29) is 22.4 Å². The summed E-state index contributed by atoms with van der Waals surface area (Å²) in [5.41, 5.74) is 1.26. The van der Waals surface area contributed by atoms with Crippen LogP contribution in [-0.4, -0.2) is 35.9 Å². The number of hydrogen-bond acceptors (Lipinski definition) is 4. The fourth-order valence-electron chi connectivity index (χ4n) is 3.61. The number of nitrogens with zero attached hydrogens (tertiary/aromatic N) is 2. The molecule has 2 heterocycles. The minimum Gasteiger partial charge on any atom is -0.357 e. The Morgan fingerprint density at radius 1 is 1.13 bits per heavy atom. The lowest BCUT2D eigenvalue weighted by molar-refractivity contribution is -0.123. The topological polar surface area (TPSA) is 74.3 Å². The van der Waals surface area contributed by atoms with Gasteiger partial charge in [-0.2, -0.15) is 0 Å². The summed E-state index contributed by atoms with van der Waals surface area (Å²) in [5.74, 6) is 0.530. The summed E-state index contributed by atoms with van der Waals surface area (Å²) in [6.45, 7) is 6.41. The van der Waals surface area contributed by atoms with Gasteiger partial charge in [0.25, 0.3) is 5.91 Å². The molecule has 2 N–H and O–H groups in total. The van der Waals surface area contributed by atoms with Gasteiger partial charge in [0.1, 0.15) is 11.9 Å². The van der Waals surface area contributed by atoms with Crippen LogP contribution < -0.4 is 15.5 Å². The zero-order valence-corrected chi connectivity index (χ0v) is 19.3. The number of aromatic nitrogens is 1. The highest BCUT2D eigenvalue weighted by molar-refractivity contribution is 6.36. The van der Waals surface area contributed by atoms with Crippen molar-refractivity contribution in [2.45, 2.75) is 45.7 Å². The first-order chi connectivity index (χ1) is 14.8. The Morgan fingerprint density at radius 3 is 2.55 bits per heavy atom. The standard InChI is InChI=1S/C23H28Cl2N4O2/c1-15(2)11-20(28-22(30)18-6-5-17(24)13-19(18)25)23(31)27-14-16-7-8-26-21(12-16)29-9-3-4-10-29/h5-8,12-13,15,20H,3-4,9-11,14H2,1-2H3,(H,27,31)(H,28,30). The molecule has 0 radical (unpaired) electrons. The smallest absolute Gasteiger partial charge is 0.253 e. The molecule has 8 heteroatoms. The first-order valence-electron chi connectivity index (χ1n) is 10.6. The third-order valence-corrected chi connectivity index (χ3v) is 5.76. The van der Waals surface area contributed by atoms with Crippen molar-refractivity contribution in [3.8, 4) is 0 Å². The monoisotopic (exact) mass is 462 g/mol. The molecule has 166 valence electrons. The Labute approximate surface area is 193 Å². The van der Waals surface area contributed by atoms with Gasteiger partial charge in [0, 0.05) is 30.9 Å². The van der Waals surface area contributed by atoms with Crippen LogP contribution >= 0.6 is 23.2 Å². The second-order valence-electron chi connectivity index (χ2n) is 8.21. The quantitative estimate of drug-likeness (QED) is 0.607. The summed E-state index contributed by atoms with van der Waals surface area (Å²) in [6, 6.07) is 7.90. The fraction of sp³-hybridized carbons (Fsp3) is 0.435.